The summed E-state index contributed by atoms with van der Waals surface area (Å²) in [6.07, 6.45) is 2.20. The summed E-state index contributed by atoms with van der Waals surface area (Å²) in [6.45, 7) is 1.88. The summed E-state index contributed by atoms with van der Waals surface area (Å²) in [5.41, 5.74) is 0.717. The van der Waals surface area contributed by atoms with E-state index in [1.54, 1.807) is 30.3 Å². The predicted octanol–water partition coefficient (Wildman–Crippen LogP) is 3.40. The minimum Gasteiger partial charge on any atom is -0.352 e. The molecule has 8 heteroatoms. The van der Waals surface area contributed by atoms with E-state index in [9.17, 15) is 14.4 Å². The van der Waals surface area contributed by atoms with Crippen LogP contribution in [0.4, 0.5) is 5.69 Å². The molecule has 1 saturated heterocycles. The van der Waals surface area contributed by atoms with Crippen LogP contribution in [-0.4, -0.2) is 42.3 Å². The topological polar surface area (TPSA) is 78.5 Å². The van der Waals surface area contributed by atoms with Gasteiger partial charge in [0.25, 0.3) is 11.8 Å². The maximum absolute atomic E-state index is 12.5. The summed E-state index contributed by atoms with van der Waals surface area (Å²) < 4.78 is 0. The first-order valence-corrected chi connectivity index (χ1v) is 10.0. The normalized spacial score (nSPS) is 13.7. The van der Waals surface area contributed by atoms with Crippen molar-refractivity contribution in [2.45, 2.75) is 19.3 Å². The number of nitrogens with one attached hydrogen (secondary N) is 2. The molecule has 142 valence electrons. The number of anilines is 1. The zero-order valence-corrected chi connectivity index (χ0v) is 16.2. The van der Waals surface area contributed by atoms with Crippen LogP contribution in [0, 0.1) is 0 Å². The molecule has 0 unspecified atom stereocenters. The van der Waals surface area contributed by atoms with Gasteiger partial charge in [0.05, 0.1) is 16.1 Å². The molecule has 1 aliphatic rings. The molecule has 0 radical (unpaired) electrons. The van der Waals surface area contributed by atoms with Gasteiger partial charge >= 0.3 is 0 Å². The number of amides is 3. The number of carbonyl (C=O) groups excluding carboxylic acids is 3. The van der Waals surface area contributed by atoms with E-state index in [-0.39, 0.29) is 17.7 Å². The molecule has 3 rings (SSSR count). The van der Waals surface area contributed by atoms with Crippen LogP contribution < -0.4 is 10.6 Å². The van der Waals surface area contributed by atoms with E-state index in [0.717, 1.165) is 13.0 Å². The van der Waals surface area contributed by atoms with Crippen LogP contribution in [0.2, 0.25) is 5.02 Å². The zero-order chi connectivity index (χ0) is 19.2. The minimum atomic E-state index is -0.291. The number of hydrogen-bond donors (Lipinski definition) is 2. The van der Waals surface area contributed by atoms with Gasteiger partial charge < -0.3 is 15.5 Å². The average Bonchev–Trinajstić information content (AvgIpc) is 3.31. The molecule has 0 atom stereocenters. The fourth-order valence-corrected chi connectivity index (χ4v) is 3.71. The molecule has 0 bridgehead atoms. The van der Waals surface area contributed by atoms with E-state index in [0.29, 0.717) is 47.1 Å². The fourth-order valence-electron chi connectivity index (χ4n) is 2.92. The summed E-state index contributed by atoms with van der Waals surface area (Å²) in [7, 11) is 0. The number of likely N-dealkylation sites (tertiary alicyclic amines) is 1. The highest BCUT2D eigenvalue weighted by Crippen LogP contribution is 2.22. The number of nitrogens with zero attached hydrogens (tertiary/aromatic N) is 1. The number of thiophene rings is 1. The summed E-state index contributed by atoms with van der Waals surface area (Å²) >= 11 is 7.35. The van der Waals surface area contributed by atoms with Crippen molar-refractivity contribution in [1.82, 2.24) is 10.2 Å². The first kappa shape index (κ1) is 19.4. The van der Waals surface area contributed by atoms with Crippen molar-refractivity contribution in [3.63, 3.8) is 0 Å². The number of hydrogen-bond acceptors (Lipinski definition) is 4. The highest BCUT2D eigenvalue weighted by atomic mass is 35.5. The molecule has 1 aliphatic heterocycles. The maximum atomic E-state index is 12.5. The Hall–Kier alpha value is -2.38. The van der Waals surface area contributed by atoms with Crippen molar-refractivity contribution in [2.24, 2.45) is 0 Å². The van der Waals surface area contributed by atoms with Gasteiger partial charge in [-0.1, -0.05) is 17.7 Å². The second-order valence-electron chi connectivity index (χ2n) is 6.22. The standard InChI is InChI=1S/C19H20ClN3O3S/c20-13-6-7-14(15(12-13)22-19(26)16-4-2-11-27-16)18(25)21-8-3-10-23-9-1-5-17(23)24/h2,4,6-7,11-12H,1,3,5,8-10H2,(H,21,25)(H,22,26). The Morgan fingerprint density at radius 1 is 1.22 bits per heavy atom. The number of benzene rings is 1. The largest absolute Gasteiger partial charge is 0.352 e. The molecule has 2 heterocycles. The molecule has 27 heavy (non-hydrogen) atoms. The van der Waals surface area contributed by atoms with Crippen molar-refractivity contribution in [3.05, 3.63) is 51.2 Å². The molecule has 0 saturated carbocycles. The Labute approximate surface area is 166 Å². The lowest BCUT2D eigenvalue weighted by Gasteiger charge is -2.16. The molecule has 1 aromatic heterocycles. The minimum absolute atomic E-state index is 0.178. The SMILES string of the molecule is O=C(Nc1cc(Cl)ccc1C(=O)NCCCN1CCCC1=O)c1cccs1. The van der Waals surface area contributed by atoms with E-state index in [4.69, 9.17) is 11.6 Å². The number of rotatable bonds is 7. The third kappa shape index (κ3) is 5.08. The van der Waals surface area contributed by atoms with E-state index in [1.807, 2.05) is 10.3 Å². The van der Waals surface area contributed by atoms with E-state index in [2.05, 4.69) is 10.6 Å². The van der Waals surface area contributed by atoms with Crippen LogP contribution in [0.25, 0.3) is 0 Å². The molecule has 6 nitrogen and oxygen atoms in total. The first-order chi connectivity index (χ1) is 13.0. The van der Waals surface area contributed by atoms with Gasteiger partial charge in [-0.15, -0.1) is 11.3 Å². The Morgan fingerprint density at radius 2 is 2.07 bits per heavy atom. The van der Waals surface area contributed by atoms with Crippen molar-refractivity contribution in [1.29, 1.82) is 0 Å². The van der Waals surface area contributed by atoms with Crippen LogP contribution in [0.15, 0.2) is 35.7 Å². The summed E-state index contributed by atoms with van der Waals surface area (Å²) in [5, 5.41) is 7.83. The van der Waals surface area contributed by atoms with Crippen molar-refractivity contribution in [3.8, 4) is 0 Å². The van der Waals surface area contributed by atoms with Gasteiger partial charge in [-0.2, -0.15) is 0 Å². The Kier molecular flexibility index (Phi) is 6.47. The van der Waals surface area contributed by atoms with Crippen LogP contribution >= 0.6 is 22.9 Å². The van der Waals surface area contributed by atoms with Gasteiger partial charge in [0.15, 0.2) is 0 Å². The molecule has 3 amide bonds. The molecule has 1 fully saturated rings. The van der Waals surface area contributed by atoms with Crippen LogP contribution in [-0.2, 0) is 4.79 Å². The number of halogens is 1. The van der Waals surface area contributed by atoms with Crippen LogP contribution in [0.5, 0.6) is 0 Å². The molecule has 1 aromatic carbocycles. The third-order valence-corrected chi connectivity index (χ3v) is 5.38. The lowest BCUT2D eigenvalue weighted by molar-refractivity contribution is -0.127. The van der Waals surface area contributed by atoms with Gasteiger partial charge in [0, 0.05) is 31.1 Å². The van der Waals surface area contributed by atoms with Gasteiger partial charge in [-0.05, 0) is 42.5 Å². The van der Waals surface area contributed by atoms with E-state index < -0.39 is 0 Å². The monoisotopic (exact) mass is 405 g/mol. The second-order valence-corrected chi connectivity index (χ2v) is 7.60. The van der Waals surface area contributed by atoms with Crippen molar-refractivity contribution >= 4 is 46.3 Å². The van der Waals surface area contributed by atoms with Gasteiger partial charge in [-0.25, -0.2) is 0 Å². The highest BCUT2D eigenvalue weighted by molar-refractivity contribution is 7.12. The quantitative estimate of drug-likeness (QED) is 0.693. The van der Waals surface area contributed by atoms with Crippen molar-refractivity contribution < 1.29 is 14.4 Å². The first-order valence-electron chi connectivity index (χ1n) is 8.75. The molecule has 0 spiro atoms. The van der Waals surface area contributed by atoms with E-state index in [1.165, 1.54) is 11.3 Å². The Morgan fingerprint density at radius 3 is 2.78 bits per heavy atom. The second kappa shape index (κ2) is 9.01. The zero-order valence-electron chi connectivity index (χ0n) is 14.7. The average molecular weight is 406 g/mol. The Bertz CT molecular complexity index is 839. The summed E-state index contributed by atoms with van der Waals surface area (Å²) in [4.78, 5) is 38.8. The highest BCUT2D eigenvalue weighted by Gasteiger charge is 2.19. The predicted molar refractivity (Wildman–Crippen MR) is 106 cm³/mol. The van der Waals surface area contributed by atoms with Crippen molar-refractivity contribution in [2.75, 3.05) is 25.0 Å². The van der Waals surface area contributed by atoms with Gasteiger partial charge in [-0.3, -0.25) is 14.4 Å². The summed E-state index contributed by atoms with van der Waals surface area (Å²) in [6, 6.07) is 8.26. The lowest BCUT2D eigenvalue weighted by atomic mass is 10.1. The molecule has 2 aromatic rings. The fraction of sp³-hybridized carbons (Fsp3) is 0.316. The van der Waals surface area contributed by atoms with Crippen LogP contribution in [0.1, 0.15) is 39.3 Å². The maximum Gasteiger partial charge on any atom is 0.265 e. The lowest BCUT2D eigenvalue weighted by Crippen LogP contribution is -2.31. The smallest absolute Gasteiger partial charge is 0.265 e. The third-order valence-electron chi connectivity index (χ3n) is 4.28. The van der Waals surface area contributed by atoms with Crippen LogP contribution in [0.3, 0.4) is 0 Å². The molecular formula is C19H20ClN3O3S. The molecule has 0 aliphatic carbocycles. The molecule has 2 N–H and O–H groups in total. The Balaban J connectivity index is 1.58. The van der Waals surface area contributed by atoms with Gasteiger partial charge in [0.1, 0.15) is 0 Å². The number of carbonyl (C=O) groups is 3. The van der Waals surface area contributed by atoms with E-state index >= 15 is 0 Å². The molecular weight excluding hydrogens is 386 g/mol. The summed E-state index contributed by atoms with van der Waals surface area (Å²) in [5.74, 6) is -0.396. The van der Waals surface area contributed by atoms with Gasteiger partial charge in [0.2, 0.25) is 5.91 Å².